The number of carbonyl (C=O) groups is 1. The molecule has 218 valence electrons. The molecule has 5 nitrogen and oxygen atoms in total. The second-order valence-corrected chi connectivity index (χ2v) is 15.1. The van der Waals surface area contributed by atoms with Crippen molar-refractivity contribution in [2.75, 3.05) is 13.2 Å². The topological polar surface area (TPSA) is 70.0 Å². The fraction of sp³-hybridized carbons (Fsp3) is 0.618. The molecule has 0 aliphatic heterocycles. The number of hydrogen-bond donors (Lipinski definition) is 2. The molecular weight excluding hydrogens is 486 g/mol. The Morgan fingerprint density at radius 1 is 0.667 bits per heavy atom. The van der Waals surface area contributed by atoms with Gasteiger partial charge in [-0.25, -0.2) is 0 Å². The summed E-state index contributed by atoms with van der Waals surface area (Å²) in [5, 5.41) is 22.9. The van der Waals surface area contributed by atoms with Gasteiger partial charge >= 0.3 is 5.97 Å². The van der Waals surface area contributed by atoms with E-state index in [9.17, 15) is 15.0 Å². The Morgan fingerprint density at radius 2 is 1.03 bits per heavy atom. The molecule has 0 spiro atoms. The van der Waals surface area contributed by atoms with Crippen LogP contribution in [-0.4, -0.2) is 34.2 Å². The average Bonchev–Trinajstić information content (AvgIpc) is 2.72. The van der Waals surface area contributed by atoms with Crippen LogP contribution in [0.1, 0.15) is 123 Å². The molecule has 0 unspecified atom stereocenters. The average molecular weight is 540 g/mol. The molecule has 2 aromatic carbocycles. The zero-order valence-electron chi connectivity index (χ0n) is 26.8. The number of ether oxygens (including phenoxy) is 1. The molecule has 0 heterocycles. The van der Waals surface area contributed by atoms with Gasteiger partial charge in [0.05, 0.1) is 0 Å². The summed E-state index contributed by atoms with van der Waals surface area (Å²) in [7, 11) is 0. The van der Waals surface area contributed by atoms with Crippen LogP contribution >= 0.6 is 0 Å². The van der Waals surface area contributed by atoms with E-state index in [1.54, 1.807) is 0 Å². The Morgan fingerprint density at radius 3 is 1.31 bits per heavy atom. The Balaban J connectivity index is 2.66. The first-order valence-electron chi connectivity index (χ1n) is 14.1. The van der Waals surface area contributed by atoms with E-state index in [1.165, 1.54) is 6.92 Å². The van der Waals surface area contributed by atoms with Gasteiger partial charge in [0.1, 0.15) is 18.1 Å². The number of nitrogens with zero attached hydrogens (tertiary/aromatic N) is 1. The third kappa shape index (κ3) is 8.73. The van der Waals surface area contributed by atoms with Crippen molar-refractivity contribution in [3.8, 4) is 11.5 Å². The zero-order valence-corrected chi connectivity index (χ0v) is 26.8. The molecule has 2 aromatic rings. The fourth-order valence-corrected chi connectivity index (χ4v) is 4.65. The first-order chi connectivity index (χ1) is 17.5. The maximum atomic E-state index is 11.5. The minimum absolute atomic E-state index is 0.0913. The highest BCUT2D eigenvalue weighted by molar-refractivity contribution is 5.65. The third-order valence-corrected chi connectivity index (χ3v) is 7.23. The van der Waals surface area contributed by atoms with Crippen molar-refractivity contribution < 1.29 is 19.7 Å². The van der Waals surface area contributed by atoms with Gasteiger partial charge in [0.15, 0.2) is 0 Å². The van der Waals surface area contributed by atoms with Gasteiger partial charge in [-0.15, -0.1) is 0 Å². The number of phenolic OH excluding ortho intramolecular Hbond substituents is 2. The van der Waals surface area contributed by atoms with E-state index in [-0.39, 0.29) is 34.2 Å². The molecule has 0 atom stereocenters. The van der Waals surface area contributed by atoms with Crippen molar-refractivity contribution in [3.63, 3.8) is 0 Å². The van der Waals surface area contributed by atoms with Crippen molar-refractivity contribution in [2.24, 2.45) is 0 Å². The summed E-state index contributed by atoms with van der Waals surface area (Å²) in [6, 6.07) is 8.43. The highest BCUT2D eigenvalue weighted by Crippen LogP contribution is 2.40. The van der Waals surface area contributed by atoms with Crippen LogP contribution in [0.15, 0.2) is 24.3 Å². The quantitative estimate of drug-likeness (QED) is 0.351. The lowest BCUT2D eigenvalue weighted by molar-refractivity contribution is -0.141. The lowest BCUT2D eigenvalue weighted by Gasteiger charge is -2.31. The molecule has 0 saturated heterocycles. The van der Waals surface area contributed by atoms with Crippen LogP contribution < -0.4 is 0 Å². The molecule has 0 bridgehead atoms. The fourth-order valence-electron chi connectivity index (χ4n) is 4.65. The smallest absolute Gasteiger partial charge is 0.302 e. The summed E-state index contributed by atoms with van der Waals surface area (Å²) in [4.78, 5) is 13.7. The minimum Gasteiger partial charge on any atom is -0.507 e. The lowest BCUT2D eigenvalue weighted by atomic mass is 9.78. The molecule has 0 aliphatic rings. The van der Waals surface area contributed by atoms with Crippen molar-refractivity contribution in [1.29, 1.82) is 0 Å². The largest absolute Gasteiger partial charge is 0.507 e. The van der Waals surface area contributed by atoms with E-state index in [2.05, 4.69) is 112 Å². The number of phenols is 2. The molecule has 39 heavy (non-hydrogen) atoms. The van der Waals surface area contributed by atoms with Gasteiger partial charge in [-0.2, -0.15) is 0 Å². The van der Waals surface area contributed by atoms with E-state index in [0.717, 1.165) is 33.4 Å². The van der Waals surface area contributed by atoms with Gasteiger partial charge < -0.3 is 14.9 Å². The molecule has 0 amide bonds. The number of hydrogen-bond acceptors (Lipinski definition) is 5. The Labute approximate surface area is 237 Å². The number of rotatable bonds is 7. The molecule has 2 rings (SSSR count). The van der Waals surface area contributed by atoms with Crippen LogP contribution in [0.3, 0.4) is 0 Å². The molecule has 5 heteroatoms. The van der Waals surface area contributed by atoms with Gasteiger partial charge in [0, 0.05) is 37.7 Å². The zero-order chi connectivity index (χ0) is 30.1. The second-order valence-electron chi connectivity index (χ2n) is 15.1. The predicted molar refractivity (Wildman–Crippen MR) is 162 cm³/mol. The molecule has 0 saturated carbocycles. The van der Waals surface area contributed by atoms with Crippen LogP contribution in [0.4, 0.5) is 0 Å². The van der Waals surface area contributed by atoms with Crippen molar-refractivity contribution in [1.82, 2.24) is 4.90 Å². The summed E-state index contributed by atoms with van der Waals surface area (Å²) < 4.78 is 5.31. The normalized spacial score (nSPS) is 13.2. The van der Waals surface area contributed by atoms with Gasteiger partial charge in [-0.1, -0.05) is 107 Å². The van der Waals surface area contributed by atoms with E-state index in [0.29, 0.717) is 31.1 Å². The Bertz CT molecular complexity index is 1080. The van der Waals surface area contributed by atoms with E-state index < -0.39 is 0 Å². The van der Waals surface area contributed by atoms with E-state index in [4.69, 9.17) is 4.74 Å². The highest BCUT2D eigenvalue weighted by atomic mass is 16.5. The SMILES string of the molecule is CC(=O)OCCN(Cc1cc(C(C)(C)C)cc(C(C)(C)C)c1O)Cc1cc(C(C)(C)C)cc(C(C)(C)C)c1O. The molecule has 0 fully saturated rings. The number of carbonyl (C=O) groups excluding carboxylic acids is 1. The van der Waals surface area contributed by atoms with Crippen LogP contribution in [0.25, 0.3) is 0 Å². The van der Waals surface area contributed by atoms with Gasteiger partial charge in [-0.05, 0) is 43.9 Å². The van der Waals surface area contributed by atoms with Gasteiger partial charge in [-0.3, -0.25) is 9.69 Å². The summed E-state index contributed by atoms with van der Waals surface area (Å²) in [5.41, 5.74) is 5.16. The van der Waals surface area contributed by atoms with Crippen molar-refractivity contribution in [2.45, 2.75) is 125 Å². The molecular formula is C34H53NO4. The van der Waals surface area contributed by atoms with Gasteiger partial charge in [0.2, 0.25) is 0 Å². The predicted octanol–water partition coefficient (Wildman–Crippen LogP) is 7.85. The maximum Gasteiger partial charge on any atom is 0.302 e. The van der Waals surface area contributed by atoms with Crippen molar-refractivity contribution >= 4 is 5.97 Å². The summed E-state index contributed by atoms with van der Waals surface area (Å²) in [6.07, 6.45) is 0. The Kier molecular flexibility index (Phi) is 9.66. The Hall–Kier alpha value is -2.53. The minimum atomic E-state index is -0.324. The molecule has 0 aromatic heterocycles. The molecule has 2 N–H and O–H groups in total. The van der Waals surface area contributed by atoms with Crippen LogP contribution in [0, 0.1) is 0 Å². The van der Waals surface area contributed by atoms with Gasteiger partial charge in [0.25, 0.3) is 0 Å². The summed E-state index contributed by atoms with van der Waals surface area (Å²) in [6.45, 7) is 28.7. The molecule has 0 aliphatic carbocycles. The second kappa shape index (κ2) is 11.5. The van der Waals surface area contributed by atoms with E-state index in [1.807, 2.05) is 0 Å². The highest BCUT2D eigenvalue weighted by Gasteiger charge is 2.28. The first-order valence-corrected chi connectivity index (χ1v) is 14.1. The van der Waals surface area contributed by atoms with E-state index >= 15 is 0 Å². The summed E-state index contributed by atoms with van der Waals surface area (Å²) >= 11 is 0. The van der Waals surface area contributed by atoms with Crippen LogP contribution in [-0.2, 0) is 44.3 Å². The lowest BCUT2D eigenvalue weighted by Crippen LogP contribution is -2.29. The summed E-state index contributed by atoms with van der Waals surface area (Å²) in [5.74, 6) is 0.280. The molecule has 0 radical (unpaired) electrons. The van der Waals surface area contributed by atoms with Crippen LogP contribution in [0.5, 0.6) is 11.5 Å². The standard InChI is InChI=1S/C34H53NO4/c1-22(36)39-15-14-35(20-23-16-25(31(2,3)4)18-27(29(23)37)33(8,9)10)21-24-17-26(32(5,6)7)19-28(30(24)38)34(11,12)13/h16-19,37-38H,14-15,20-21H2,1-13H3. The first kappa shape index (κ1) is 32.7. The van der Waals surface area contributed by atoms with Crippen molar-refractivity contribution in [3.05, 3.63) is 57.6 Å². The van der Waals surface area contributed by atoms with Crippen LogP contribution in [0.2, 0.25) is 0 Å². The monoisotopic (exact) mass is 539 g/mol. The number of aromatic hydroxyl groups is 2. The number of esters is 1. The number of benzene rings is 2. The third-order valence-electron chi connectivity index (χ3n) is 7.23. The maximum absolute atomic E-state index is 11.5.